The van der Waals surface area contributed by atoms with Gasteiger partial charge in [-0.25, -0.2) is 0 Å². The molecule has 0 saturated heterocycles. The van der Waals surface area contributed by atoms with Crippen LogP contribution < -0.4 is 5.32 Å². The maximum absolute atomic E-state index is 10.3. The Morgan fingerprint density at radius 2 is 1.79 bits per heavy atom. The molecule has 0 saturated carbocycles. The van der Waals surface area contributed by atoms with Gasteiger partial charge in [0.2, 0.25) is 0 Å². The van der Waals surface area contributed by atoms with Crippen LogP contribution in [-0.4, -0.2) is 38.2 Å². The van der Waals surface area contributed by atoms with Crippen molar-refractivity contribution in [3.05, 3.63) is 0 Å². The summed E-state index contributed by atoms with van der Waals surface area (Å²) in [5, 5.41) is 2.17. The number of nitrogens with one attached hydrogen (secondary N) is 1. The summed E-state index contributed by atoms with van der Waals surface area (Å²) in [6.07, 6.45) is 0. The maximum atomic E-state index is 10.3. The maximum Gasteiger partial charge on any atom is 0.276 e. The summed E-state index contributed by atoms with van der Waals surface area (Å²) < 4.78 is 10.1. The fourth-order valence-corrected chi connectivity index (χ4v) is 0.706. The molecule has 0 aliphatic carbocycles. The van der Waals surface area contributed by atoms with Gasteiger partial charge in [0.1, 0.15) is 0 Å². The van der Waals surface area contributed by atoms with Crippen LogP contribution in [0.15, 0.2) is 0 Å². The predicted molar refractivity (Wildman–Crippen MR) is 61.0 cm³/mol. The summed E-state index contributed by atoms with van der Waals surface area (Å²) in [5.74, 6) is 0. The second-order valence-electron chi connectivity index (χ2n) is 2.04. The molecule has 4 nitrogen and oxygen atoms in total. The lowest BCUT2D eigenvalue weighted by molar-refractivity contribution is 0.0548. The SMILES string of the molecule is CC.CCOCCOCCNC(=O)S. The van der Waals surface area contributed by atoms with Crippen LogP contribution in [0.2, 0.25) is 0 Å². The number of thiol groups is 1. The van der Waals surface area contributed by atoms with Crippen molar-refractivity contribution in [1.29, 1.82) is 0 Å². The van der Waals surface area contributed by atoms with Gasteiger partial charge in [-0.15, -0.1) is 0 Å². The molecule has 0 aliphatic rings. The molecule has 0 spiro atoms. The summed E-state index contributed by atoms with van der Waals surface area (Å²) in [7, 11) is 0. The Kier molecular flexibility index (Phi) is 17.6. The molecule has 0 rings (SSSR count). The molecule has 0 fully saturated rings. The van der Waals surface area contributed by atoms with Gasteiger partial charge < -0.3 is 14.8 Å². The third-order valence-electron chi connectivity index (χ3n) is 1.10. The van der Waals surface area contributed by atoms with Gasteiger partial charge in [-0.2, -0.15) is 0 Å². The highest BCUT2D eigenvalue weighted by atomic mass is 32.1. The van der Waals surface area contributed by atoms with Crippen LogP contribution in [-0.2, 0) is 9.47 Å². The number of hydrogen-bond acceptors (Lipinski definition) is 3. The molecule has 0 aliphatic heterocycles. The van der Waals surface area contributed by atoms with Gasteiger partial charge in [-0.05, 0) is 6.92 Å². The highest BCUT2D eigenvalue weighted by molar-refractivity contribution is 7.96. The first-order chi connectivity index (χ1) is 6.77. The summed E-state index contributed by atoms with van der Waals surface area (Å²) in [4.78, 5) is 10.3. The first kappa shape index (κ1) is 16.2. The first-order valence-corrected chi connectivity index (χ1v) is 5.34. The van der Waals surface area contributed by atoms with Gasteiger partial charge in [0.15, 0.2) is 0 Å². The van der Waals surface area contributed by atoms with Crippen LogP contribution >= 0.6 is 12.6 Å². The van der Waals surface area contributed by atoms with E-state index in [1.807, 2.05) is 20.8 Å². The molecule has 0 aromatic rings. The first-order valence-electron chi connectivity index (χ1n) is 4.89. The molecule has 14 heavy (non-hydrogen) atoms. The molecule has 0 bridgehead atoms. The number of rotatable bonds is 7. The van der Waals surface area contributed by atoms with E-state index in [9.17, 15) is 4.79 Å². The smallest absolute Gasteiger partial charge is 0.276 e. The molecule has 86 valence electrons. The van der Waals surface area contributed by atoms with Crippen molar-refractivity contribution in [3.8, 4) is 0 Å². The van der Waals surface area contributed by atoms with Crippen molar-refractivity contribution >= 4 is 17.9 Å². The number of amides is 1. The average molecular weight is 223 g/mol. The molecule has 1 N–H and O–H groups in total. The molecule has 0 aromatic heterocycles. The van der Waals surface area contributed by atoms with Gasteiger partial charge in [0.25, 0.3) is 5.24 Å². The van der Waals surface area contributed by atoms with Crippen molar-refractivity contribution in [2.75, 3.05) is 33.0 Å². The van der Waals surface area contributed by atoms with Crippen molar-refractivity contribution in [2.24, 2.45) is 0 Å². The molecule has 0 radical (unpaired) electrons. The Balaban J connectivity index is 0. The number of carbonyl (C=O) groups is 1. The predicted octanol–water partition coefficient (Wildman–Crippen LogP) is 1.71. The fraction of sp³-hybridized carbons (Fsp3) is 0.889. The summed E-state index contributed by atoms with van der Waals surface area (Å²) in [6, 6.07) is 0. The van der Waals surface area contributed by atoms with E-state index in [-0.39, 0.29) is 5.24 Å². The Hall–Kier alpha value is -0.260. The lowest BCUT2D eigenvalue weighted by atomic mass is 10.7. The zero-order valence-electron chi connectivity index (χ0n) is 9.21. The van der Waals surface area contributed by atoms with Gasteiger partial charge in [-0.3, -0.25) is 4.79 Å². The van der Waals surface area contributed by atoms with Gasteiger partial charge in [-0.1, -0.05) is 26.5 Å². The number of hydrogen-bond donors (Lipinski definition) is 2. The van der Waals surface area contributed by atoms with E-state index in [0.717, 1.165) is 0 Å². The Morgan fingerprint density at radius 3 is 2.29 bits per heavy atom. The molecular weight excluding hydrogens is 202 g/mol. The minimum atomic E-state index is -0.330. The minimum absolute atomic E-state index is 0.330. The third kappa shape index (κ3) is 17.7. The lowest BCUT2D eigenvalue weighted by Gasteiger charge is -2.03. The van der Waals surface area contributed by atoms with Crippen molar-refractivity contribution in [3.63, 3.8) is 0 Å². The van der Waals surface area contributed by atoms with E-state index in [2.05, 4.69) is 17.9 Å². The van der Waals surface area contributed by atoms with Gasteiger partial charge in [0.05, 0.1) is 19.8 Å². The Morgan fingerprint density at radius 1 is 1.21 bits per heavy atom. The van der Waals surface area contributed by atoms with E-state index in [4.69, 9.17) is 9.47 Å². The second-order valence-corrected chi connectivity index (χ2v) is 2.45. The standard InChI is InChI=1S/C7H15NO3S.C2H6/c1-2-10-5-6-11-4-3-8-7(9)12;1-2/h2-6H2,1H3,(H2,8,9,12);1-2H3. The normalized spacial score (nSPS) is 8.86. The topological polar surface area (TPSA) is 47.6 Å². The largest absolute Gasteiger partial charge is 0.379 e. The lowest BCUT2D eigenvalue weighted by Crippen LogP contribution is -2.22. The molecule has 1 amide bonds. The zero-order chi connectivity index (χ0) is 11.2. The van der Waals surface area contributed by atoms with E-state index in [0.29, 0.717) is 33.0 Å². The third-order valence-corrected chi connectivity index (χ3v) is 1.26. The van der Waals surface area contributed by atoms with Crippen LogP contribution in [0, 0.1) is 0 Å². The van der Waals surface area contributed by atoms with Crippen LogP contribution in [0.4, 0.5) is 4.79 Å². The number of carbonyl (C=O) groups excluding carboxylic acids is 1. The Bertz CT molecular complexity index is 123. The molecule has 5 heteroatoms. The highest BCUT2D eigenvalue weighted by Crippen LogP contribution is 1.79. The molecular formula is C9H21NO3S. The van der Waals surface area contributed by atoms with Crippen LogP contribution in [0.3, 0.4) is 0 Å². The monoisotopic (exact) mass is 223 g/mol. The highest BCUT2D eigenvalue weighted by Gasteiger charge is 1.91. The van der Waals surface area contributed by atoms with E-state index in [1.165, 1.54) is 0 Å². The summed E-state index contributed by atoms with van der Waals surface area (Å²) >= 11 is 3.53. The van der Waals surface area contributed by atoms with Gasteiger partial charge in [0, 0.05) is 13.2 Å². The average Bonchev–Trinajstić information content (AvgIpc) is 2.19. The summed E-state index contributed by atoms with van der Waals surface area (Å²) in [5.41, 5.74) is 0. The molecule has 0 heterocycles. The fourth-order valence-electron chi connectivity index (χ4n) is 0.594. The van der Waals surface area contributed by atoms with E-state index >= 15 is 0 Å². The molecule has 0 unspecified atom stereocenters. The van der Waals surface area contributed by atoms with E-state index < -0.39 is 0 Å². The van der Waals surface area contributed by atoms with Gasteiger partial charge >= 0.3 is 0 Å². The Labute approximate surface area is 91.8 Å². The van der Waals surface area contributed by atoms with Crippen molar-refractivity contribution < 1.29 is 14.3 Å². The van der Waals surface area contributed by atoms with Crippen molar-refractivity contribution in [2.45, 2.75) is 20.8 Å². The van der Waals surface area contributed by atoms with E-state index in [1.54, 1.807) is 0 Å². The van der Waals surface area contributed by atoms with Crippen LogP contribution in [0.25, 0.3) is 0 Å². The number of ether oxygens (including phenoxy) is 2. The second kappa shape index (κ2) is 15.2. The van der Waals surface area contributed by atoms with Crippen LogP contribution in [0.1, 0.15) is 20.8 Å². The molecule has 0 aromatic carbocycles. The molecule has 0 atom stereocenters. The minimum Gasteiger partial charge on any atom is -0.379 e. The van der Waals surface area contributed by atoms with Crippen LogP contribution in [0.5, 0.6) is 0 Å². The zero-order valence-corrected chi connectivity index (χ0v) is 10.1. The summed E-state index contributed by atoms with van der Waals surface area (Å²) in [6.45, 7) is 8.80. The quantitative estimate of drug-likeness (QED) is 0.510. The van der Waals surface area contributed by atoms with Crippen molar-refractivity contribution in [1.82, 2.24) is 5.32 Å².